The molecule has 4 rings (SSSR count). The van der Waals surface area contributed by atoms with Gasteiger partial charge in [-0.1, -0.05) is 0 Å². The molecule has 7 heteroatoms. The van der Waals surface area contributed by atoms with E-state index in [1.165, 1.54) is 0 Å². The Morgan fingerprint density at radius 1 is 1.20 bits per heavy atom. The summed E-state index contributed by atoms with van der Waals surface area (Å²) in [7, 11) is 0. The summed E-state index contributed by atoms with van der Waals surface area (Å²) in [6, 6.07) is 5.32. The van der Waals surface area contributed by atoms with Crippen molar-refractivity contribution in [3.8, 4) is 0 Å². The summed E-state index contributed by atoms with van der Waals surface area (Å²) in [5.74, 6) is 1.71. The maximum Gasteiger partial charge on any atom is 0.251 e. The van der Waals surface area contributed by atoms with Crippen molar-refractivity contribution < 1.29 is 9.59 Å². The number of carbonyl (C=O) groups is 2. The number of hydrogen-bond acceptors (Lipinski definition) is 4. The zero-order valence-electron chi connectivity index (χ0n) is 14.5. The quantitative estimate of drug-likeness (QED) is 0.921. The molecule has 1 aromatic heterocycles. The third-order valence-corrected chi connectivity index (χ3v) is 4.99. The van der Waals surface area contributed by atoms with E-state index in [1.807, 2.05) is 19.1 Å². The Balaban J connectivity index is 1.51. The van der Waals surface area contributed by atoms with E-state index in [-0.39, 0.29) is 17.9 Å². The third-order valence-electron chi connectivity index (χ3n) is 4.99. The van der Waals surface area contributed by atoms with E-state index in [0.717, 1.165) is 48.7 Å². The second-order valence-electron chi connectivity index (χ2n) is 6.69. The van der Waals surface area contributed by atoms with Crippen molar-refractivity contribution in [2.75, 3.05) is 11.4 Å². The molecule has 2 aliphatic heterocycles. The molecule has 7 nitrogen and oxygen atoms in total. The number of nitrogens with one attached hydrogen (secondary N) is 1. The van der Waals surface area contributed by atoms with Crippen LogP contribution in [0.4, 0.5) is 5.69 Å². The molecule has 0 saturated carbocycles. The van der Waals surface area contributed by atoms with Gasteiger partial charge in [-0.3, -0.25) is 9.59 Å². The fourth-order valence-corrected chi connectivity index (χ4v) is 3.71. The molecule has 0 aliphatic carbocycles. The van der Waals surface area contributed by atoms with Gasteiger partial charge in [-0.25, -0.2) is 0 Å². The maximum atomic E-state index is 12.6. The van der Waals surface area contributed by atoms with E-state index in [0.29, 0.717) is 12.1 Å². The van der Waals surface area contributed by atoms with Crippen LogP contribution in [0.15, 0.2) is 18.2 Å². The highest BCUT2D eigenvalue weighted by Gasteiger charge is 2.25. The summed E-state index contributed by atoms with van der Waals surface area (Å²) in [4.78, 5) is 26.0. The van der Waals surface area contributed by atoms with Crippen molar-refractivity contribution in [2.45, 2.75) is 45.7 Å². The minimum Gasteiger partial charge on any atom is -0.342 e. The summed E-state index contributed by atoms with van der Waals surface area (Å²) in [6.07, 6.45) is 2.81. The van der Waals surface area contributed by atoms with Crippen molar-refractivity contribution in [1.82, 2.24) is 20.1 Å². The van der Waals surface area contributed by atoms with Crippen molar-refractivity contribution >= 4 is 17.5 Å². The number of amides is 2. The Morgan fingerprint density at radius 3 is 2.84 bits per heavy atom. The minimum atomic E-state index is -0.200. The lowest BCUT2D eigenvalue weighted by Gasteiger charge is -2.16. The fraction of sp³-hybridized carbons (Fsp3) is 0.444. The molecule has 2 aliphatic rings. The molecule has 0 bridgehead atoms. The first-order chi connectivity index (χ1) is 12.0. The number of aryl methyl sites for hydroxylation is 1. The number of nitrogens with zero attached hydrogens (tertiary/aromatic N) is 4. The van der Waals surface area contributed by atoms with Gasteiger partial charge in [0, 0.05) is 37.7 Å². The molecular formula is C18H21N5O2. The molecule has 1 atom stereocenters. The van der Waals surface area contributed by atoms with Crippen LogP contribution in [0.2, 0.25) is 0 Å². The predicted molar refractivity (Wildman–Crippen MR) is 92.4 cm³/mol. The number of carbonyl (C=O) groups excluding carboxylic acids is 2. The first kappa shape index (κ1) is 15.8. The molecular weight excluding hydrogens is 318 g/mol. The molecule has 1 N–H and O–H groups in total. The van der Waals surface area contributed by atoms with Crippen LogP contribution in [-0.2, 0) is 24.2 Å². The summed E-state index contributed by atoms with van der Waals surface area (Å²) in [5, 5.41) is 11.4. The molecule has 0 fully saturated rings. The molecule has 0 saturated heterocycles. The number of hydrogen-bond donors (Lipinski definition) is 1. The maximum absolute atomic E-state index is 12.6. The number of aromatic nitrogens is 3. The topological polar surface area (TPSA) is 80.1 Å². The van der Waals surface area contributed by atoms with Gasteiger partial charge in [0.15, 0.2) is 5.82 Å². The molecule has 2 aromatic rings. The lowest BCUT2D eigenvalue weighted by molar-refractivity contribution is -0.116. The SMILES string of the molecule is CC(=O)N1CCc2cc(C(=O)NC(C)c3nnc4n3CCC4)ccc21. The molecule has 0 radical (unpaired) electrons. The Kier molecular flexibility index (Phi) is 3.78. The summed E-state index contributed by atoms with van der Waals surface area (Å²) >= 11 is 0. The monoisotopic (exact) mass is 339 g/mol. The molecule has 2 amide bonds. The van der Waals surface area contributed by atoms with Crippen LogP contribution >= 0.6 is 0 Å². The van der Waals surface area contributed by atoms with Crippen molar-refractivity contribution in [2.24, 2.45) is 0 Å². The van der Waals surface area contributed by atoms with Gasteiger partial charge >= 0.3 is 0 Å². The molecule has 130 valence electrons. The van der Waals surface area contributed by atoms with Gasteiger partial charge in [-0.05, 0) is 43.5 Å². The highest BCUT2D eigenvalue weighted by atomic mass is 16.2. The molecule has 25 heavy (non-hydrogen) atoms. The summed E-state index contributed by atoms with van der Waals surface area (Å²) in [6.45, 7) is 5.09. The average molecular weight is 339 g/mol. The van der Waals surface area contributed by atoms with Crippen LogP contribution < -0.4 is 10.2 Å². The van der Waals surface area contributed by atoms with E-state index in [9.17, 15) is 9.59 Å². The van der Waals surface area contributed by atoms with Crippen LogP contribution in [0.5, 0.6) is 0 Å². The van der Waals surface area contributed by atoms with E-state index < -0.39 is 0 Å². The number of anilines is 1. The Hall–Kier alpha value is -2.70. The van der Waals surface area contributed by atoms with Gasteiger partial charge < -0.3 is 14.8 Å². The van der Waals surface area contributed by atoms with Crippen LogP contribution in [0.1, 0.15) is 53.9 Å². The highest BCUT2D eigenvalue weighted by molar-refractivity contribution is 5.98. The fourth-order valence-electron chi connectivity index (χ4n) is 3.71. The summed E-state index contributed by atoms with van der Waals surface area (Å²) in [5.41, 5.74) is 2.56. The van der Waals surface area contributed by atoms with Gasteiger partial charge in [0.2, 0.25) is 5.91 Å². The molecule has 1 unspecified atom stereocenters. The normalized spacial score (nSPS) is 16.5. The summed E-state index contributed by atoms with van der Waals surface area (Å²) < 4.78 is 2.10. The number of benzene rings is 1. The van der Waals surface area contributed by atoms with Gasteiger partial charge in [0.1, 0.15) is 5.82 Å². The van der Waals surface area contributed by atoms with E-state index in [2.05, 4.69) is 20.1 Å². The smallest absolute Gasteiger partial charge is 0.251 e. The zero-order valence-corrected chi connectivity index (χ0v) is 14.5. The Bertz CT molecular complexity index is 857. The second-order valence-corrected chi connectivity index (χ2v) is 6.69. The standard InChI is InChI=1S/C18H21N5O2/c1-11(17-21-20-16-4-3-8-23(16)17)19-18(25)14-5-6-15-13(10-14)7-9-22(15)12(2)24/h5-6,10-11H,3-4,7-9H2,1-2H3,(H,19,25). The van der Waals surface area contributed by atoms with Crippen molar-refractivity contribution in [1.29, 1.82) is 0 Å². The minimum absolute atomic E-state index is 0.0326. The van der Waals surface area contributed by atoms with E-state index >= 15 is 0 Å². The van der Waals surface area contributed by atoms with Crippen molar-refractivity contribution in [3.05, 3.63) is 41.0 Å². The van der Waals surface area contributed by atoms with E-state index in [4.69, 9.17) is 0 Å². The Labute approximate surface area is 146 Å². The molecule has 0 spiro atoms. The first-order valence-corrected chi connectivity index (χ1v) is 8.68. The van der Waals surface area contributed by atoms with Crippen LogP contribution in [0.3, 0.4) is 0 Å². The average Bonchev–Trinajstić information content (AvgIpc) is 3.28. The van der Waals surface area contributed by atoms with Crippen LogP contribution in [-0.4, -0.2) is 33.1 Å². The van der Waals surface area contributed by atoms with Crippen LogP contribution in [0.25, 0.3) is 0 Å². The molecule has 1 aromatic carbocycles. The highest BCUT2D eigenvalue weighted by Crippen LogP contribution is 2.29. The largest absolute Gasteiger partial charge is 0.342 e. The predicted octanol–water partition coefficient (Wildman–Crippen LogP) is 1.62. The third kappa shape index (κ3) is 2.69. The zero-order chi connectivity index (χ0) is 17.6. The van der Waals surface area contributed by atoms with Gasteiger partial charge in [-0.2, -0.15) is 0 Å². The molecule has 3 heterocycles. The first-order valence-electron chi connectivity index (χ1n) is 8.68. The van der Waals surface area contributed by atoms with Gasteiger partial charge in [0.05, 0.1) is 6.04 Å². The Morgan fingerprint density at radius 2 is 2.04 bits per heavy atom. The van der Waals surface area contributed by atoms with Gasteiger partial charge in [-0.15, -0.1) is 10.2 Å². The number of fused-ring (bicyclic) bond motifs is 2. The lowest BCUT2D eigenvalue weighted by Crippen LogP contribution is -2.29. The van der Waals surface area contributed by atoms with E-state index in [1.54, 1.807) is 17.9 Å². The van der Waals surface area contributed by atoms with Crippen molar-refractivity contribution in [3.63, 3.8) is 0 Å². The lowest BCUT2D eigenvalue weighted by atomic mass is 10.1. The number of rotatable bonds is 3. The van der Waals surface area contributed by atoms with Crippen LogP contribution in [0, 0.1) is 0 Å². The van der Waals surface area contributed by atoms with Gasteiger partial charge in [0.25, 0.3) is 5.91 Å². The second kappa shape index (κ2) is 5.98.